The van der Waals surface area contributed by atoms with Crippen LogP contribution in [0.2, 0.25) is 0 Å². The number of benzene rings is 1. The molecule has 3 nitrogen and oxygen atoms in total. The molecule has 1 saturated carbocycles. The van der Waals surface area contributed by atoms with Crippen molar-refractivity contribution in [2.24, 2.45) is 5.92 Å². The van der Waals surface area contributed by atoms with E-state index in [9.17, 15) is 4.21 Å². The lowest BCUT2D eigenvalue weighted by Crippen LogP contribution is -2.19. The normalized spacial score (nSPS) is 17.8. The molecular weight excluding hydrogens is 222 g/mol. The first-order valence-electron chi connectivity index (χ1n) is 5.52. The van der Waals surface area contributed by atoms with Crippen molar-refractivity contribution in [3.63, 3.8) is 0 Å². The van der Waals surface area contributed by atoms with Crippen LogP contribution in [0.5, 0.6) is 5.75 Å². The fourth-order valence-electron chi connectivity index (χ4n) is 1.84. The van der Waals surface area contributed by atoms with Crippen LogP contribution in [-0.4, -0.2) is 17.1 Å². The molecule has 1 aromatic rings. The molecule has 1 atom stereocenters. The van der Waals surface area contributed by atoms with Crippen LogP contribution in [0.4, 0.5) is 5.69 Å². The largest absolute Gasteiger partial charge is 0.495 e. The molecule has 0 saturated heterocycles. The second-order valence-electron chi connectivity index (χ2n) is 4.22. The van der Waals surface area contributed by atoms with Gasteiger partial charge in [0.05, 0.1) is 22.8 Å². The van der Waals surface area contributed by atoms with Crippen LogP contribution in [0.15, 0.2) is 23.1 Å². The first kappa shape index (κ1) is 11.5. The second kappa shape index (κ2) is 4.87. The highest BCUT2D eigenvalue weighted by molar-refractivity contribution is 7.85. The van der Waals surface area contributed by atoms with Crippen molar-refractivity contribution in [1.82, 2.24) is 0 Å². The first-order chi connectivity index (χ1) is 7.70. The molecule has 1 fully saturated rings. The van der Waals surface area contributed by atoms with Gasteiger partial charge in [-0.15, -0.1) is 0 Å². The maximum Gasteiger partial charge on any atom is 0.137 e. The van der Waals surface area contributed by atoms with Gasteiger partial charge in [0.25, 0.3) is 0 Å². The first-order valence-corrected chi connectivity index (χ1v) is 6.84. The van der Waals surface area contributed by atoms with Crippen LogP contribution in [0.3, 0.4) is 0 Å². The third-order valence-electron chi connectivity index (χ3n) is 3.04. The summed E-state index contributed by atoms with van der Waals surface area (Å²) in [6.45, 7) is 0. The van der Waals surface area contributed by atoms with E-state index in [0.717, 1.165) is 10.6 Å². The Kier molecular flexibility index (Phi) is 3.49. The van der Waals surface area contributed by atoms with E-state index in [1.165, 1.54) is 19.3 Å². The molecule has 1 unspecified atom stereocenters. The van der Waals surface area contributed by atoms with E-state index in [1.54, 1.807) is 19.2 Å². The van der Waals surface area contributed by atoms with Gasteiger partial charge in [-0.3, -0.25) is 4.21 Å². The molecule has 88 valence electrons. The predicted octanol–water partition coefficient (Wildman–Crippen LogP) is 2.19. The van der Waals surface area contributed by atoms with Crippen LogP contribution >= 0.6 is 0 Å². The molecule has 0 heterocycles. The Morgan fingerprint density at radius 3 is 2.81 bits per heavy atom. The highest BCUT2D eigenvalue weighted by atomic mass is 32.2. The molecule has 2 rings (SSSR count). The van der Waals surface area contributed by atoms with Gasteiger partial charge in [-0.25, -0.2) is 0 Å². The van der Waals surface area contributed by atoms with Gasteiger partial charge < -0.3 is 10.5 Å². The van der Waals surface area contributed by atoms with Gasteiger partial charge in [-0.1, -0.05) is 6.42 Å². The second-order valence-corrected chi connectivity index (χ2v) is 5.68. The van der Waals surface area contributed by atoms with Crippen molar-refractivity contribution in [3.8, 4) is 5.75 Å². The van der Waals surface area contributed by atoms with Crippen LogP contribution in [0.1, 0.15) is 19.3 Å². The minimum atomic E-state index is -0.962. The SMILES string of the molecule is COc1cc(N)ccc1S(=O)CC1CCC1. The van der Waals surface area contributed by atoms with Gasteiger partial charge in [0, 0.05) is 17.5 Å². The topological polar surface area (TPSA) is 52.3 Å². The van der Waals surface area contributed by atoms with Crippen LogP contribution in [0, 0.1) is 5.92 Å². The average molecular weight is 239 g/mol. The number of nitrogen functional groups attached to an aromatic ring is 1. The Morgan fingerprint density at radius 1 is 1.50 bits per heavy atom. The average Bonchev–Trinajstić information content (AvgIpc) is 2.23. The lowest BCUT2D eigenvalue weighted by molar-refractivity contribution is 0.350. The van der Waals surface area contributed by atoms with Gasteiger partial charge in [0.1, 0.15) is 5.75 Å². The molecule has 0 amide bonds. The van der Waals surface area contributed by atoms with E-state index in [1.807, 2.05) is 6.07 Å². The molecule has 4 heteroatoms. The summed E-state index contributed by atoms with van der Waals surface area (Å²) in [5.74, 6) is 2.01. The molecule has 1 aliphatic carbocycles. The number of anilines is 1. The number of hydrogen-bond donors (Lipinski definition) is 1. The van der Waals surface area contributed by atoms with E-state index in [2.05, 4.69) is 0 Å². The van der Waals surface area contributed by atoms with Crippen LogP contribution in [-0.2, 0) is 10.8 Å². The summed E-state index contributed by atoms with van der Waals surface area (Å²) >= 11 is 0. The number of methoxy groups -OCH3 is 1. The zero-order chi connectivity index (χ0) is 11.5. The van der Waals surface area contributed by atoms with E-state index in [-0.39, 0.29) is 0 Å². The van der Waals surface area contributed by atoms with E-state index >= 15 is 0 Å². The molecule has 1 aromatic carbocycles. The van der Waals surface area contributed by atoms with Gasteiger partial charge in [0.2, 0.25) is 0 Å². The molecule has 1 aliphatic rings. The van der Waals surface area contributed by atoms with Crippen LogP contribution < -0.4 is 10.5 Å². The quantitative estimate of drug-likeness (QED) is 0.819. The Morgan fingerprint density at radius 2 is 2.25 bits per heavy atom. The Bertz CT molecular complexity index is 402. The maximum absolute atomic E-state index is 12.1. The van der Waals surface area contributed by atoms with Crippen molar-refractivity contribution in [2.45, 2.75) is 24.2 Å². The Balaban J connectivity index is 2.14. The fraction of sp³-hybridized carbons (Fsp3) is 0.500. The summed E-state index contributed by atoms with van der Waals surface area (Å²) in [5, 5.41) is 0. The van der Waals surface area contributed by atoms with Gasteiger partial charge in [-0.2, -0.15) is 0 Å². The molecule has 16 heavy (non-hydrogen) atoms. The maximum atomic E-state index is 12.1. The third kappa shape index (κ3) is 2.38. The minimum absolute atomic E-state index is 0.628. The minimum Gasteiger partial charge on any atom is -0.495 e. The Hall–Kier alpha value is -1.03. The standard InChI is InChI=1S/C12H17NO2S/c1-15-11-7-10(13)5-6-12(11)16(14)8-9-3-2-4-9/h5-7,9H,2-4,8,13H2,1H3. The fourth-order valence-corrected chi connectivity index (χ4v) is 3.36. The van der Waals surface area contributed by atoms with Crippen molar-refractivity contribution in [1.29, 1.82) is 0 Å². The third-order valence-corrected chi connectivity index (χ3v) is 4.65. The van der Waals surface area contributed by atoms with E-state index in [0.29, 0.717) is 17.4 Å². The van der Waals surface area contributed by atoms with Crippen molar-refractivity contribution in [3.05, 3.63) is 18.2 Å². The van der Waals surface area contributed by atoms with Crippen molar-refractivity contribution in [2.75, 3.05) is 18.6 Å². The van der Waals surface area contributed by atoms with E-state index < -0.39 is 10.8 Å². The van der Waals surface area contributed by atoms with E-state index in [4.69, 9.17) is 10.5 Å². The molecule has 0 aromatic heterocycles. The summed E-state index contributed by atoms with van der Waals surface area (Å²) in [4.78, 5) is 0.767. The molecule has 0 bridgehead atoms. The summed E-state index contributed by atoms with van der Waals surface area (Å²) in [5.41, 5.74) is 6.30. The molecule has 0 aliphatic heterocycles. The number of ether oxygens (including phenoxy) is 1. The molecule has 2 N–H and O–H groups in total. The lowest BCUT2D eigenvalue weighted by Gasteiger charge is -2.24. The summed E-state index contributed by atoms with van der Waals surface area (Å²) < 4.78 is 17.3. The number of nitrogens with two attached hydrogens (primary N) is 1. The zero-order valence-electron chi connectivity index (χ0n) is 9.44. The highest BCUT2D eigenvalue weighted by Gasteiger charge is 2.22. The van der Waals surface area contributed by atoms with Gasteiger partial charge in [0.15, 0.2) is 0 Å². The monoisotopic (exact) mass is 239 g/mol. The predicted molar refractivity (Wildman–Crippen MR) is 66.0 cm³/mol. The number of hydrogen-bond acceptors (Lipinski definition) is 3. The smallest absolute Gasteiger partial charge is 0.137 e. The molecule has 0 radical (unpaired) electrons. The number of rotatable bonds is 4. The summed E-state index contributed by atoms with van der Waals surface area (Å²) in [6, 6.07) is 5.31. The summed E-state index contributed by atoms with van der Waals surface area (Å²) in [6.07, 6.45) is 3.70. The highest BCUT2D eigenvalue weighted by Crippen LogP contribution is 2.31. The van der Waals surface area contributed by atoms with Crippen molar-refractivity contribution >= 4 is 16.5 Å². The summed E-state index contributed by atoms with van der Waals surface area (Å²) in [7, 11) is 0.620. The van der Waals surface area contributed by atoms with Crippen molar-refractivity contribution < 1.29 is 8.95 Å². The van der Waals surface area contributed by atoms with Gasteiger partial charge >= 0.3 is 0 Å². The molecule has 0 spiro atoms. The Labute approximate surface area is 98.4 Å². The van der Waals surface area contributed by atoms with Gasteiger partial charge in [-0.05, 0) is 30.9 Å². The lowest BCUT2D eigenvalue weighted by atomic mass is 9.87. The zero-order valence-corrected chi connectivity index (χ0v) is 10.3. The molecular formula is C12H17NO2S. The van der Waals surface area contributed by atoms with Crippen LogP contribution in [0.25, 0.3) is 0 Å².